The van der Waals surface area contributed by atoms with Crippen molar-refractivity contribution in [2.75, 3.05) is 13.1 Å². The van der Waals surface area contributed by atoms with Gasteiger partial charge in [0.25, 0.3) is 0 Å². The van der Waals surface area contributed by atoms with Gasteiger partial charge in [0.05, 0.1) is 0 Å². The van der Waals surface area contributed by atoms with Crippen molar-refractivity contribution in [3.05, 3.63) is 30.1 Å². The zero-order chi connectivity index (χ0) is 15.2. The van der Waals surface area contributed by atoms with Gasteiger partial charge in [-0.3, -0.25) is 9.78 Å². The molecule has 0 saturated heterocycles. The maximum Gasteiger partial charge on any atom is 0.323 e. The fourth-order valence-corrected chi connectivity index (χ4v) is 1.71. The van der Waals surface area contributed by atoms with E-state index in [4.69, 9.17) is 5.11 Å². The summed E-state index contributed by atoms with van der Waals surface area (Å²) in [7, 11) is 0. The van der Waals surface area contributed by atoms with Crippen molar-refractivity contribution in [3.8, 4) is 0 Å². The quantitative estimate of drug-likeness (QED) is 0.856. The lowest BCUT2D eigenvalue weighted by Gasteiger charge is -2.34. The number of carbonyl (C=O) groups is 2. The van der Waals surface area contributed by atoms with E-state index in [0.29, 0.717) is 13.0 Å². The monoisotopic (exact) mass is 279 g/mol. The first-order chi connectivity index (χ1) is 9.30. The van der Waals surface area contributed by atoms with Crippen LogP contribution in [0.5, 0.6) is 0 Å². The molecule has 110 valence electrons. The zero-order valence-corrected chi connectivity index (χ0v) is 12.1. The van der Waals surface area contributed by atoms with Gasteiger partial charge >= 0.3 is 12.0 Å². The maximum atomic E-state index is 12.1. The Labute approximate surface area is 118 Å². The Morgan fingerprint density at radius 1 is 1.30 bits per heavy atom. The summed E-state index contributed by atoms with van der Waals surface area (Å²) in [4.78, 5) is 28.1. The molecule has 0 aromatic carbocycles. The average Bonchev–Trinajstić information content (AvgIpc) is 2.35. The molecule has 1 aromatic rings. The molecule has 2 N–H and O–H groups in total. The van der Waals surface area contributed by atoms with Crippen LogP contribution in [-0.4, -0.2) is 45.6 Å². The summed E-state index contributed by atoms with van der Waals surface area (Å²) in [6.07, 6.45) is 4.07. The number of carboxylic acids is 1. The number of rotatable bonds is 5. The smallest absolute Gasteiger partial charge is 0.323 e. The molecule has 1 rings (SSSR count). The lowest BCUT2D eigenvalue weighted by Crippen LogP contribution is -2.52. The van der Waals surface area contributed by atoms with Crippen LogP contribution in [0.25, 0.3) is 0 Å². The van der Waals surface area contributed by atoms with E-state index in [1.165, 1.54) is 4.90 Å². The predicted octanol–water partition coefficient (Wildman–Crippen LogP) is 1.52. The van der Waals surface area contributed by atoms with Crippen molar-refractivity contribution in [1.29, 1.82) is 0 Å². The van der Waals surface area contributed by atoms with E-state index >= 15 is 0 Å². The van der Waals surface area contributed by atoms with Gasteiger partial charge in [0.15, 0.2) is 0 Å². The Balaban J connectivity index is 2.52. The fourth-order valence-electron chi connectivity index (χ4n) is 1.71. The van der Waals surface area contributed by atoms with Crippen molar-refractivity contribution < 1.29 is 14.7 Å². The third-order valence-corrected chi connectivity index (χ3v) is 2.79. The molecule has 0 atom stereocenters. The molecule has 0 aliphatic carbocycles. The second-order valence-electron chi connectivity index (χ2n) is 5.49. The largest absolute Gasteiger partial charge is 0.480 e. The molecule has 0 saturated carbocycles. The van der Waals surface area contributed by atoms with Crippen molar-refractivity contribution in [3.63, 3.8) is 0 Å². The number of pyridine rings is 1. The predicted molar refractivity (Wildman–Crippen MR) is 75.4 cm³/mol. The van der Waals surface area contributed by atoms with Crippen LogP contribution in [-0.2, 0) is 11.2 Å². The van der Waals surface area contributed by atoms with Gasteiger partial charge in [-0.1, -0.05) is 0 Å². The number of aromatic nitrogens is 1. The number of carboxylic acid groups (broad SMARTS) is 1. The highest BCUT2D eigenvalue weighted by Gasteiger charge is 2.28. The third-order valence-electron chi connectivity index (χ3n) is 2.79. The summed E-state index contributed by atoms with van der Waals surface area (Å²) >= 11 is 0. The Kier molecular flexibility index (Phi) is 5.49. The minimum atomic E-state index is -1.02. The average molecular weight is 279 g/mol. The lowest BCUT2D eigenvalue weighted by atomic mass is 10.1. The summed E-state index contributed by atoms with van der Waals surface area (Å²) in [5.74, 6) is -1.02. The van der Waals surface area contributed by atoms with Crippen LogP contribution in [0.1, 0.15) is 26.3 Å². The number of hydrogen-bond acceptors (Lipinski definition) is 3. The van der Waals surface area contributed by atoms with Gasteiger partial charge in [0.2, 0.25) is 0 Å². The molecule has 1 aromatic heterocycles. The molecular weight excluding hydrogens is 258 g/mol. The van der Waals surface area contributed by atoms with Gasteiger partial charge in [-0.15, -0.1) is 0 Å². The molecule has 6 heteroatoms. The summed E-state index contributed by atoms with van der Waals surface area (Å²) in [6.45, 7) is 5.55. The SMILES string of the molecule is CC(C)(C)N(CC(=O)O)C(=O)NCCc1ccncc1. The van der Waals surface area contributed by atoms with E-state index in [2.05, 4.69) is 10.3 Å². The van der Waals surface area contributed by atoms with Crippen molar-refractivity contribution in [2.24, 2.45) is 0 Å². The first-order valence-electron chi connectivity index (χ1n) is 6.47. The molecule has 0 unspecified atom stereocenters. The van der Waals surface area contributed by atoms with Crippen LogP contribution in [0.15, 0.2) is 24.5 Å². The van der Waals surface area contributed by atoms with Crippen LogP contribution >= 0.6 is 0 Å². The van der Waals surface area contributed by atoms with Crippen molar-refractivity contribution in [1.82, 2.24) is 15.2 Å². The second kappa shape index (κ2) is 6.88. The number of carbonyl (C=O) groups excluding carboxylic acids is 1. The molecule has 0 bridgehead atoms. The molecule has 1 heterocycles. The van der Waals surface area contributed by atoms with E-state index in [9.17, 15) is 9.59 Å². The number of amides is 2. The minimum Gasteiger partial charge on any atom is -0.480 e. The van der Waals surface area contributed by atoms with Gasteiger partial charge < -0.3 is 15.3 Å². The Morgan fingerprint density at radius 2 is 1.90 bits per heavy atom. The molecule has 0 aliphatic rings. The van der Waals surface area contributed by atoms with Crippen LogP contribution in [0.2, 0.25) is 0 Å². The second-order valence-corrected chi connectivity index (χ2v) is 5.49. The molecule has 0 aliphatic heterocycles. The standard InChI is InChI=1S/C14H21N3O3/c1-14(2,3)17(10-12(18)19)13(20)16-9-6-11-4-7-15-8-5-11/h4-5,7-8H,6,9-10H2,1-3H3,(H,16,20)(H,18,19). The number of nitrogens with zero attached hydrogens (tertiary/aromatic N) is 2. The molecule has 0 radical (unpaired) electrons. The highest BCUT2D eigenvalue weighted by atomic mass is 16.4. The molecule has 6 nitrogen and oxygen atoms in total. The normalized spacial score (nSPS) is 10.9. The molecule has 0 fully saturated rings. The number of aliphatic carboxylic acids is 1. The Morgan fingerprint density at radius 3 is 2.40 bits per heavy atom. The highest BCUT2D eigenvalue weighted by Crippen LogP contribution is 2.12. The van der Waals surface area contributed by atoms with E-state index < -0.39 is 11.5 Å². The number of nitrogens with one attached hydrogen (secondary N) is 1. The number of urea groups is 1. The highest BCUT2D eigenvalue weighted by molar-refractivity contribution is 5.80. The lowest BCUT2D eigenvalue weighted by molar-refractivity contribution is -0.138. The van der Waals surface area contributed by atoms with Crippen LogP contribution < -0.4 is 5.32 Å². The van der Waals surface area contributed by atoms with Gasteiger partial charge in [-0.2, -0.15) is 0 Å². The maximum absolute atomic E-state index is 12.1. The minimum absolute atomic E-state index is 0.315. The molecular formula is C14H21N3O3. The first kappa shape index (κ1) is 15.9. The van der Waals surface area contributed by atoms with Gasteiger partial charge in [-0.05, 0) is 44.9 Å². The van der Waals surface area contributed by atoms with Gasteiger partial charge in [0.1, 0.15) is 6.54 Å². The van der Waals surface area contributed by atoms with E-state index in [0.717, 1.165) is 5.56 Å². The summed E-state index contributed by atoms with van der Waals surface area (Å²) in [6, 6.07) is 3.39. The van der Waals surface area contributed by atoms with Crippen LogP contribution in [0.4, 0.5) is 4.79 Å². The Bertz CT molecular complexity index is 454. The third kappa shape index (κ3) is 5.26. The van der Waals surface area contributed by atoms with Crippen LogP contribution in [0, 0.1) is 0 Å². The molecule has 0 spiro atoms. The van der Waals surface area contributed by atoms with Crippen LogP contribution in [0.3, 0.4) is 0 Å². The topological polar surface area (TPSA) is 82.5 Å². The zero-order valence-electron chi connectivity index (χ0n) is 12.1. The first-order valence-corrected chi connectivity index (χ1v) is 6.47. The summed E-state index contributed by atoms with van der Waals surface area (Å²) in [5, 5.41) is 11.6. The Hall–Kier alpha value is -2.11. The van der Waals surface area contributed by atoms with Crippen molar-refractivity contribution >= 4 is 12.0 Å². The van der Waals surface area contributed by atoms with E-state index in [1.54, 1.807) is 33.2 Å². The van der Waals surface area contributed by atoms with Crippen molar-refractivity contribution in [2.45, 2.75) is 32.7 Å². The number of hydrogen-bond donors (Lipinski definition) is 2. The molecule has 2 amide bonds. The van der Waals surface area contributed by atoms with E-state index in [-0.39, 0.29) is 12.6 Å². The van der Waals surface area contributed by atoms with E-state index in [1.807, 2.05) is 12.1 Å². The summed E-state index contributed by atoms with van der Waals surface area (Å²) in [5.41, 5.74) is 0.528. The summed E-state index contributed by atoms with van der Waals surface area (Å²) < 4.78 is 0. The molecule has 20 heavy (non-hydrogen) atoms. The fraction of sp³-hybridized carbons (Fsp3) is 0.500. The van der Waals surface area contributed by atoms with Gasteiger partial charge in [-0.25, -0.2) is 4.79 Å². The van der Waals surface area contributed by atoms with Gasteiger partial charge in [0, 0.05) is 24.5 Å².